The van der Waals surface area contributed by atoms with E-state index < -0.39 is 0 Å². The molecule has 0 spiro atoms. The molecule has 4 heteroatoms. The van der Waals surface area contributed by atoms with Gasteiger partial charge < -0.3 is 14.2 Å². The average Bonchev–Trinajstić information content (AvgIpc) is 3.36. The second-order valence-corrected chi connectivity index (χ2v) is 8.17. The molecule has 1 aliphatic heterocycles. The van der Waals surface area contributed by atoms with E-state index in [1.165, 1.54) is 25.7 Å². The van der Waals surface area contributed by atoms with Crippen molar-refractivity contribution in [3.05, 3.63) is 24.3 Å². The van der Waals surface area contributed by atoms with Gasteiger partial charge in [-0.05, 0) is 82.6 Å². The molecule has 140 valence electrons. The molecule has 0 aromatic heterocycles. The van der Waals surface area contributed by atoms with E-state index in [0.29, 0.717) is 11.7 Å². The van der Waals surface area contributed by atoms with Crippen LogP contribution in [0.3, 0.4) is 0 Å². The number of carbonyl (C=O) groups is 1. The maximum atomic E-state index is 11.6. The topological polar surface area (TPSA) is 48.1 Å². The maximum Gasteiger partial charge on any atom is 0.333 e. The fourth-order valence-corrected chi connectivity index (χ4v) is 4.37. The molecule has 0 radical (unpaired) electrons. The highest BCUT2D eigenvalue weighted by molar-refractivity contribution is 5.87. The Kier molecular flexibility index (Phi) is 6.00. The minimum atomic E-state index is -0.239. The lowest BCUT2D eigenvalue weighted by Gasteiger charge is -2.37. The molecule has 0 N–H and O–H groups in total. The van der Waals surface area contributed by atoms with E-state index in [0.717, 1.165) is 43.1 Å². The van der Waals surface area contributed by atoms with E-state index in [-0.39, 0.29) is 24.5 Å². The third-order valence-corrected chi connectivity index (χ3v) is 5.99. The fraction of sp³-hybridized carbons (Fsp3) is 0.762. The van der Waals surface area contributed by atoms with Crippen molar-refractivity contribution < 1.29 is 19.0 Å². The Hall–Kier alpha value is -1.13. The van der Waals surface area contributed by atoms with Crippen LogP contribution in [0.25, 0.3) is 0 Å². The molecule has 1 saturated heterocycles. The number of hydrogen-bond donors (Lipinski definition) is 0. The second kappa shape index (κ2) is 8.05. The molecule has 2 saturated carbocycles. The van der Waals surface area contributed by atoms with Gasteiger partial charge in [-0.2, -0.15) is 0 Å². The van der Waals surface area contributed by atoms with Gasteiger partial charge in [0.2, 0.25) is 0 Å². The lowest BCUT2D eigenvalue weighted by Crippen LogP contribution is -2.31. The Labute approximate surface area is 151 Å². The Balaban J connectivity index is 1.35. The summed E-state index contributed by atoms with van der Waals surface area (Å²) < 4.78 is 17.1. The summed E-state index contributed by atoms with van der Waals surface area (Å²) in [6.45, 7) is 11.3. The number of carbonyl (C=O) groups excluding carboxylic acids is 1. The van der Waals surface area contributed by atoms with Gasteiger partial charge in [0.15, 0.2) is 6.29 Å². The van der Waals surface area contributed by atoms with Crippen LogP contribution in [0.1, 0.15) is 65.2 Å². The lowest BCUT2D eigenvalue weighted by molar-refractivity contribution is -0.146. The van der Waals surface area contributed by atoms with Gasteiger partial charge in [-0.15, -0.1) is 0 Å². The van der Waals surface area contributed by atoms with Crippen LogP contribution < -0.4 is 0 Å². The molecule has 0 aromatic carbocycles. The standard InChI is InChI=1S/C21H32O4/c1-13(2)19-21(25-19)24-18-11-7-16(8-12-18)15-5-9-17(10-6-15)23-20(22)14(3)4/h15-19,21H,1,3,5-12H2,2,4H3. The van der Waals surface area contributed by atoms with Crippen LogP contribution in [0.4, 0.5) is 0 Å². The molecule has 0 bridgehead atoms. The number of epoxide rings is 1. The summed E-state index contributed by atoms with van der Waals surface area (Å²) in [4.78, 5) is 11.6. The van der Waals surface area contributed by atoms with Crippen LogP contribution in [0.5, 0.6) is 0 Å². The van der Waals surface area contributed by atoms with Crippen LogP contribution in [0.15, 0.2) is 24.3 Å². The third kappa shape index (κ3) is 4.95. The van der Waals surface area contributed by atoms with Crippen molar-refractivity contribution in [2.24, 2.45) is 11.8 Å². The predicted octanol–water partition coefficient (Wildman–Crippen LogP) is 4.54. The molecule has 25 heavy (non-hydrogen) atoms. The van der Waals surface area contributed by atoms with Gasteiger partial charge in [0.05, 0.1) is 6.10 Å². The lowest BCUT2D eigenvalue weighted by atomic mass is 9.72. The summed E-state index contributed by atoms with van der Waals surface area (Å²) in [5, 5.41) is 0. The molecule has 3 fully saturated rings. The van der Waals surface area contributed by atoms with E-state index in [4.69, 9.17) is 14.2 Å². The van der Waals surface area contributed by atoms with Crippen LogP contribution in [-0.4, -0.2) is 30.6 Å². The second-order valence-electron chi connectivity index (χ2n) is 8.17. The molecule has 3 aliphatic rings. The zero-order chi connectivity index (χ0) is 18.0. The normalized spacial score (nSPS) is 38.0. The average molecular weight is 348 g/mol. The largest absolute Gasteiger partial charge is 0.459 e. The zero-order valence-electron chi connectivity index (χ0n) is 15.7. The van der Waals surface area contributed by atoms with Crippen LogP contribution in [0.2, 0.25) is 0 Å². The Morgan fingerprint density at radius 2 is 1.40 bits per heavy atom. The quantitative estimate of drug-likeness (QED) is 0.306. The van der Waals surface area contributed by atoms with Gasteiger partial charge in [-0.25, -0.2) is 4.79 Å². The van der Waals surface area contributed by atoms with E-state index in [1.807, 2.05) is 6.92 Å². The highest BCUT2D eigenvalue weighted by Gasteiger charge is 2.43. The van der Waals surface area contributed by atoms with E-state index >= 15 is 0 Å². The summed E-state index contributed by atoms with van der Waals surface area (Å²) in [7, 11) is 0. The fourth-order valence-electron chi connectivity index (χ4n) is 4.37. The highest BCUT2D eigenvalue weighted by atomic mass is 16.8. The first kappa shape index (κ1) is 18.7. The molecule has 2 atom stereocenters. The SMILES string of the molecule is C=C(C)C(=O)OC1CCC(C2CCC(OC3OC3C(=C)C)CC2)CC1. The van der Waals surface area contributed by atoms with Gasteiger partial charge >= 0.3 is 5.97 Å². The van der Waals surface area contributed by atoms with Crippen molar-refractivity contribution in [2.45, 2.75) is 89.8 Å². The highest BCUT2D eigenvalue weighted by Crippen LogP contribution is 2.41. The van der Waals surface area contributed by atoms with Crippen molar-refractivity contribution in [3.8, 4) is 0 Å². The molecule has 2 unspecified atom stereocenters. The van der Waals surface area contributed by atoms with Crippen molar-refractivity contribution in [1.29, 1.82) is 0 Å². The maximum absolute atomic E-state index is 11.6. The Morgan fingerprint density at radius 1 is 0.880 bits per heavy atom. The number of ether oxygens (including phenoxy) is 3. The van der Waals surface area contributed by atoms with Crippen molar-refractivity contribution in [1.82, 2.24) is 0 Å². The summed E-state index contributed by atoms with van der Waals surface area (Å²) in [6.07, 6.45) is 9.62. The molecular weight excluding hydrogens is 316 g/mol. The first-order valence-corrected chi connectivity index (χ1v) is 9.77. The number of esters is 1. The van der Waals surface area contributed by atoms with E-state index in [9.17, 15) is 4.79 Å². The zero-order valence-corrected chi connectivity index (χ0v) is 15.7. The smallest absolute Gasteiger partial charge is 0.333 e. The van der Waals surface area contributed by atoms with Crippen LogP contribution in [0, 0.1) is 11.8 Å². The Bertz CT molecular complexity index is 510. The first-order chi connectivity index (χ1) is 11.9. The third-order valence-electron chi connectivity index (χ3n) is 5.99. The van der Waals surface area contributed by atoms with Crippen molar-refractivity contribution in [3.63, 3.8) is 0 Å². The van der Waals surface area contributed by atoms with Crippen LogP contribution in [-0.2, 0) is 19.0 Å². The summed E-state index contributed by atoms with van der Waals surface area (Å²) in [5.74, 6) is 1.34. The molecule has 0 aromatic rings. The first-order valence-electron chi connectivity index (χ1n) is 9.77. The summed E-state index contributed by atoms with van der Waals surface area (Å²) in [6, 6.07) is 0. The molecule has 3 rings (SSSR count). The predicted molar refractivity (Wildman–Crippen MR) is 97.0 cm³/mol. The van der Waals surface area contributed by atoms with Gasteiger partial charge in [0, 0.05) is 5.57 Å². The van der Waals surface area contributed by atoms with Gasteiger partial charge in [-0.1, -0.05) is 13.2 Å². The van der Waals surface area contributed by atoms with E-state index in [1.54, 1.807) is 6.92 Å². The molecule has 2 aliphatic carbocycles. The molecule has 0 amide bonds. The molecule has 1 heterocycles. The van der Waals surface area contributed by atoms with Crippen molar-refractivity contribution >= 4 is 5.97 Å². The summed E-state index contributed by atoms with van der Waals surface area (Å²) >= 11 is 0. The van der Waals surface area contributed by atoms with Gasteiger partial charge in [-0.3, -0.25) is 0 Å². The monoisotopic (exact) mass is 348 g/mol. The molecular formula is C21H32O4. The van der Waals surface area contributed by atoms with Crippen molar-refractivity contribution in [2.75, 3.05) is 0 Å². The molecule has 4 nitrogen and oxygen atoms in total. The van der Waals surface area contributed by atoms with Gasteiger partial charge in [0.1, 0.15) is 12.2 Å². The minimum absolute atomic E-state index is 0.0440. The Morgan fingerprint density at radius 3 is 1.84 bits per heavy atom. The van der Waals surface area contributed by atoms with E-state index in [2.05, 4.69) is 13.2 Å². The number of hydrogen-bond acceptors (Lipinski definition) is 4. The summed E-state index contributed by atoms with van der Waals surface area (Å²) in [5.41, 5.74) is 1.55. The van der Waals surface area contributed by atoms with Gasteiger partial charge in [0.25, 0.3) is 0 Å². The van der Waals surface area contributed by atoms with Crippen LogP contribution >= 0.6 is 0 Å². The minimum Gasteiger partial charge on any atom is -0.459 e. The number of rotatable bonds is 6.